The first-order valence-electron chi connectivity index (χ1n) is 4.95. The molecule has 0 atom stereocenters. The summed E-state index contributed by atoms with van der Waals surface area (Å²) in [4.78, 5) is 5.68. The molecule has 0 aliphatic heterocycles. The second kappa shape index (κ2) is 3.78. The van der Waals surface area contributed by atoms with E-state index in [1.54, 1.807) is 11.3 Å². The summed E-state index contributed by atoms with van der Waals surface area (Å²) in [7, 11) is 0. The Morgan fingerprint density at radius 2 is 1.81 bits per heavy atom. The molecule has 2 aromatic rings. The topological polar surface area (TPSA) is 64.7 Å². The van der Waals surface area contributed by atoms with E-state index in [1.807, 2.05) is 6.92 Å². The fourth-order valence-corrected chi connectivity index (χ4v) is 3.22. The highest BCUT2D eigenvalue weighted by Crippen LogP contribution is 2.38. The van der Waals surface area contributed by atoms with Crippen LogP contribution in [0.4, 0.5) is 5.13 Å². The zero-order valence-corrected chi connectivity index (χ0v) is 11.4. The van der Waals surface area contributed by atoms with Gasteiger partial charge in [-0.25, -0.2) is 4.98 Å². The lowest BCUT2D eigenvalue weighted by molar-refractivity contribution is 0.573. The van der Waals surface area contributed by atoms with E-state index in [-0.39, 0.29) is 5.41 Å². The largest absolute Gasteiger partial charge is 0.374 e. The van der Waals surface area contributed by atoms with Crippen molar-refractivity contribution in [1.29, 1.82) is 0 Å². The molecule has 0 unspecified atom stereocenters. The average Bonchev–Trinajstić information content (AvgIpc) is 2.70. The van der Waals surface area contributed by atoms with Crippen molar-refractivity contribution < 1.29 is 0 Å². The van der Waals surface area contributed by atoms with Gasteiger partial charge in [-0.1, -0.05) is 32.1 Å². The Morgan fingerprint density at radius 1 is 1.12 bits per heavy atom. The molecule has 0 amide bonds. The smallest absolute Gasteiger partial charge is 0.203 e. The first kappa shape index (κ1) is 11.5. The van der Waals surface area contributed by atoms with Crippen molar-refractivity contribution in [3.8, 4) is 9.88 Å². The number of nitrogens with two attached hydrogens (primary N) is 1. The highest BCUT2D eigenvalue weighted by Gasteiger charge is 2.25. The number of aromatic nitrogens is 3. The number of hydrogen-bond acceptors (Lipinski definition) is 6. The monoisotopic (exact) mass is 254 g/mol. The van der Waals surface area contributed by atoms with Crippen molar-refractivity contribution in [2.45, 2.75) is 33.1 Å². The van der Waals surface area contributed by atoms with Gasteiger partial charge in [-0.05, 0) is 6.92 Å². The van der Waals surface area contributed by atoms with Crippen LogP contribution in [0, 0.1) is 6.92 Å². The van der Waals surface area contributed by atoms with Gasteiger partial charge in [-0.15, -0.1) is 21.5 Å². The molecule has 0 saturated carbocycles. The maximum Gasteiger partial charge on any atom is 0.203 e. The highest BCUT2D eigenvalue weighted by atomic mass is 32.1. The summed E-state index contributed by atoms with van der Waals surface area (Å²) in [6.45, 7) is 8.45. The maximum atomic E-state index is 5.61. The molecule has 2 rings (SSSR count). The summed E-state index contributed by atoms with van der Waals surface area (Å²) in [5.41, 5.74) is 6.70. The van der Waals surface area contributed by atoms with E-state index >= 15 is 0 Å². The third-order valence-electron chi connectivity index (χ3n) is 2.08. The second-order valence-electron chi connectivity index (χ2n) is 4.61. The SMILES string of the molecule is Cc1nc(C(C)(C)C)c(-c2nnc(N)s2)s1. The van der Waals surface area contributed by atoms with Crippen LogP contribution >= 0.6 is 22.7 Å². The predicted molar refractivity (Wildman–Crippen MR) is 68.9 cm³/mol. The molecule has 2 heterocycles. The van der Waals surface area contributed by atoms with Crippen LogP contribution in [-0.2, 0) is 5.41 Å². The molecular formula is C10H14N4S2. The van der Waals surface area contributed by atoms with E-state index in [0.717, 1.165) is 20.6 Å². The number of nitrogen functional groups attached to an aromatic ring is 1. The molecule has 0 aromatic carbocycles. The number of hydrogen-bond donors (Lipinski definition) is 1. The van der Waals surface area contributed by atoms with Gasteiger partial charge in [-0.2, -0.15) is 0 Å². The lowest BCUT2D eigenvalue weighted by Gasteiger charge is -2.16. The van der Waals surface area contributed by atoms with Gasteiger partial charge in [0.1, 0.15) is 0 Å². The molecule has 0 bridgehead atoms. The number of thiazole rings is 1. The molecule has 0 radical (unpaired) electrons. The summed E-state index contributed by atoms with van der Waals surface area (Å²) in [6, 6.07) is 0. The van der Waals surface area contributed by atoms with E-state index in [2.05, 4.69) is 36.0 Å². The Morgan fingerprint density at radius 3 is 2.31 bits per heavy atom. The van der Waals surface area contributed by atoms with E-state index < -0.39 is 0 Å². The lowest BCUT2D eigenvalue weighted by atomic mass is 9.91. The van der Waals surface area contributed by atoms with Gasteiger partial charge < -0.3 is 5.73 Å². The Kier molecular flexibility index (Phi) is 2.71. The first-order chi connectivity index (χ1) is 7.38. The molecule has 0 saturated heterocycles. The van der Waals surface area contributed by atoms with E-state index in [1.165, 1.54) is 11.3 Å². The number of aryl methyl sites for hydroxylation is 1. The van der Waals surface area contributed by atoms with Gasteiger partial charge >= 0.3 is 0 Å². The minimum atomic E-state index is 0.0144. The van der Waals surface area contributed by atoms with Crippen molar-refractivity contribution in [3.63, 3.8) is 0 Å². The molecule has 4 nitrogen and oxygen atoms in total. The van der Waals surface area contributed by atoms with Gasteiger partial charge in [0, 0.05) is 5.41 Å². The first-order valence-corrected chi connectivity index (χ1v) is 6.58. The molecule has 2 N–H and O–H groups in total. The van der Waals surface area contributed by atoms with Crippen LogP contribution in [0.25, 0.3) is 9.88 Å². The number of anilines is 1. The van der Waals surface area contributed by atoms with Crippen LogP contribution in [0.3, 0.4) is 0 Å². The third kappa shape index (κ3) is 2.08. The molecule has 16 heavy (non-hydrogen) atoms. The van der Waals surface area contributed by atoms with Crippen LogP contribution in [-0.4, -0.2) is 15.2 Å². The van der Waals surface area contributed by atoms with Gasteiger partial charge in [0.15, 0.2) is 5.01 Å². The zero-order chi connectivity index (χ0) is 11.9. The summed E-state index contributed by atoms with van der Waals surface area (Å²) in [5.74, 6) is 0. The van der Waals surface area contributed by atoms with Crippen molar-refractivity contribution in [2.24, 2.45) is 0 Å². The molecule has 86 valence electrons. The number of nitrogens with zero attached hydrogens (tertiary/aromatic N) is 3. The van der Waals surface area contributed by atoms with Gasteiger partial charge in [-0.3, -0.25) is 0 Å². The van der Waals surface area contributed by atoms with Crippen molar-refractivity contribution in [1.82, 2.24) is 15.2 Å². The average molecular weight is 254 g/mol. The Hall–Kier alpha value is -1.01. The normalized spacial score (nSPS) is 12.0. The van der Waals surface area contributed by atoms with Gasteiger partial charge in [0.05, 0.1) is 15.6 Å². The molecule has 6 heteroatoms. The van der Waals surface area contributed by atoms with Crippen LogP contribution in [0.5, 0.6) is 0 Å². The summed E-state index contributed by atoms with van der Waals surface area (Å²) >= 11 is 3.06. The molecule has 0 aliphatic carbocycles. The highest BCUT2D eigenvalue weighted by molar-refractivity contribution is 7.23. The maximum absolute atomic E-state index is 5.61. The van der Waals surface area contributed by atoms with Gasteiger partial charge in [0.25, 0.3) is 0 Å². The Bertz CT molecular complexity index is 507. The standard InChI is InChI=1S/C10H14N4S2/c1-5-12-7(10(2,3)4)6(15-5)8-13-14-9(11)16-8/h1-4H3,(H2,11,14). The minimum absolute atomic E-state index is 0.0144. The molecule has 0 aliphatic rings. The molecular weight excluding hydrogens is 240 g/mol. The van der Waals surface area contributed by atoms with Crippen LogP contribution in [0.2, 0.25) is 0 Å². The lowest BCUT2D eigenvalue weighted by Crippen LogP contribution is -2.12. The zero-order valence-electron chi connectivity index (χ0n) is 9.74. The van der Waals surface area contributed by atoms with E-state index in [9.17, 15) is 0 Å². The second-order valence-corrected chi connectivity index (χ2v) is 6.82. The van der Waals surface area contributed by atoms with Crippen molar-refractivity contribution in [2.75, 3.05) is 5.73 Å². The molecule has 0 spiro atoms. The van der Waals surface area contributed by atoms with E-state index in [4.69, 9.17) is 5.73 Å². The minimum Gasteiger partial charge on any atom is -0.374 e. The summed E-state index contributed by atoms with van der Waals surface area (Å²) in [5, 5.41) is 10.4. The summed E-state index contributed by atoms with van der Waals surface area (Å²) in [6.07, 6.45) is 0. The fraction of sp³-hybridized carbons (Fsp3) is 0.500. The van der Waals surface area contributed by atoms with Crippen LogP contribution in [0.15, 0.2) is 0 Å². The Balaban J connectivity index is 2.57. The van der Waals surface area contributed by atoms with Crippen LogP contribution in [0.1, 0.15) is 31.5 Å². The fourth-order valence-electron chi connectivity index (χ4n) is 1.41. The van der Waals surface area contributed by atoms with Crippen molar-refractivity contribution in [3.05, 3.63) is 10.7 Å². The molecule has 0 fully saturated rings. The van der Waals surface area contributed by atoms with Crippen molar-refractivity contribution >= 4 is 27.8 Å². The predicted octanol–water partition coefficient (Wildman–Crippen LogP) is 2.85. The van der Waals surface area contributed by atoms with E-state index in [0.29, 0.717) is 5.13 Å². The Labute approximate surface area is 103 Å². The third-order valence-corrected chi connectivity index (χ3v) is 3.96. The quantitative estimate of drug-likeness (QED) is 0.850. The van der Waals surface area contributed by atoms with Crippen LogP contribution < -0.4 is 5.73 Å². The number of rotatable bonds is 1. The summed E-state index contributed by atoms with van der Waals surface area (Å²) < 4.78 is 0. The molecule has 2 aromatic heterocycles. The van der Waals surface area contributed by atoms with Gasteiger partial charge in [0.2, 0.25) is 5.13 Å².